The first-order valence-electron chi connectivity index (χ1n) is 10.2. The normalized spacial score (nSPS) is 13.3. The van der Waals surface area contributed by atoms with Crippen molar-refractivity contribution in [3.63, 3.8) is 0 Å². The topological polar surface area (TPSA) is 57.5 Å². The number of fused-ring (bicyclic) bond motifs is 1. The molecule has 0 unspecified atom stereocenters. The van der Waals surface area contributed by atoms with E-state index in [2.05, 4.69) is 70.7 Å². The van der Waals surface area contributed by atoms with Crippen LogP contribution in [0.1, 0.15) is 42.5 Å². The van der Waals surface area contributed by atoms with Crippen molar-refractivity contribution < 1.29 is 5.11 Å². The molecule has 0 amide bonds. The van der Waals surface area contributed by atoms with Gasteiger partial charge in [-0.2, -0.15) is 0 Å². The van der Waals surface area contributed by atoms with Gasteiger partial charge in [-0.1, -0.05) is 49.9 Å². The maximum absolute atomic E-state index is 9.11. The number of benzene rings is 2. The third-order valence-corrected chi connectivity index (χ3v) is 5.55. The van der Waals surface area contributed by atoms with Crippen molar-refractivity contribution in [1.82, 2.24) is 10.3 Å². The van der Waals surface area contributed by atoms with Gasteiger partial charge in [0.25, 0.3) is 0 Å². The van der Waals surface area contributed by atoms with Crippen molar-refractivity contribution in [2.45, 2.75) is 33.2 Å². The zero-order chi connectivity index (χ0) is 20.1. The number of aromatic nitrogens is 1. The lowest BCUT2D eigenvalue weighted by molar-refractivity contribution is 0.291. The van der Waals surface area contributed by atoms with E-state index in [1.165, 1.54) is 27.8 Å². The third kappa shape index (κ3) is 5.02. The summed E-state index contributed by atoms with van der Waals surface area (Å²) in [4.78, 5) is 9.07. The van der Waals surface area contributed by atoms with Gasteiger partial charge in [0.1, 0.15) is 0 Å². The summed E-state index contributed by atoms with van der Waals surface area (Å²) in [6.45, 7) is 4.45. The van der Waals surface area contributed by atoms with Crippen molar-refractivity contribution in [2.75, 3.05) is 19.7 Å². The summed E-state index contributed by atoms with van der Waals surface area (Å²) < 4.78 is 0. The molecule has 156 valence electrons. The smallest absolute Gasteiger partial charge is 0.0649 e. The van der Waals surface area contributed by atoms with E-state index in [0.29, 0.717) is 12.5 Å². The molecule has 0 radical (unpaired) electrons. The molecule has 0 saturated carbocycles. The van der Waals surface area contributed by atoms with Crippen LogP contribution in [0.2, 0.25) is 0 Å². The Bertz CT molecular complexity index is 998. The van der Waals surface area contributed by atoms with Crippen molar-refractivity contribution in [3.05, 3.63) is 89.2 Å². The molecule has 30 heavy (non-hydrogen) atoms. The summed E-state index contributed by atoms with van der Waals surface area (Å²) in [7, 11) is 0. The van der Waals surface area contributed by atoms with Gasteiger partial charge >= 0.3 is 0 Å². The molecule has 1 atom stereocenters. The molecule has 2 heterocycles. The summed E-state index contributed by atoms with van der Waals surface area (Å²) in [6, 6.07) is 19.4. The second-order valence-electron chi connectivity index (χ2n) is 7.59. The van der Waals surface area contributed by atoms with Gasteiger partial charge in [0.15, 0.2) is 0 Å². The van der Waals surface area contributed by atoms with Crippen LogP contribution in [0, 0.1) is 0 Å². The number of pyridine rings is 1. The Hall–Kier alpha value is -2.82. The maximum atomic E-state index is 9.11. The lowest BCUT2D eigenvalue weighted by Gasteiger charge is -2.18. The number of hydrogen-bond donors (Lipinski definition) is 2. The van der Waals surface area contributed by atoms with E-state index in [-0.39, 0.29) is 14.0 Å². The van der Waals surface area contributed by atoms with Gasteiger partial charge in [0, 0.05) is 48.2 Å². The van der Waals surface area contributed by atoms with E-state index in [9.17, 15) is 0 Å². The molecule has 0 spiro atoms. The predicted octanol–water partition coefficient (Wildman–Crippen LogP) is 4.62. The SMILES string of the molecule is C.CC1=NCc2ccc(-c3cncc(C[C@@H](CNCCO)c4ccccc4)c3)cc21. The molecule has 4 rings (SSSR count). The van der Waals surface area contributed by atoms with Crippen LogP contribution in [0.25, 0.3) is 11.1 Å². The molecule has 0 fully saturated rings. The number of aliphatic hydroxyl groups is 1. The van der Waals surface area contributed by atoms with Gasteiger partial charge < -0.3 is 10.4 Å². The van der Waals surface area contributed by atoms with Gasteiger partial charge in [-0.05, 0) is 47.7 Å². The number of hydrogen-bond acceptors (Lipinski definition) is 4. The van der Waals surface area contributed by atoms with E-state index in [0.717, 1.165) is 30.8 Å². The Morgan fingerprint density at radius 3 is 2.67 bits per heavy atom. The fourth-order valence-corrected chi connectivity index (χ4v) is 3.95. The first kappa shape index (κ1) is 21.9. The molecular formula is C26H31N3O. The van der Waals surface area contributed by atoms with Crippen molar-refractivity contribution in [1.29, 1.82) is 0 Å². The minimum Gasteiger partial charge on any atom is -0.395 e. The van der Waals surface area contributed by atoms with Crippen LogP contribution < -0.4 is 5.32 Å². The molecule has 2 N–H and O–H groups in total. The highest BCUT2D eigenvalue weighted by atomic mass is 16.3. The van der Waals surface area contributed by atoms with Gasteiger partial charge in [0.2, 0.25) is 0 Å². The molecule has 4 heteroatoms. The Kier molecular flexibility index (Phi) is 7.50. The van der Waals surface area contributed by atoms with Gasteiger partial charge in [-0.15, -0.1) is 0 Å². The molecule has 0 bridgehead atoms. The monoisotopic (exact) mass is 401 g/mol. The molecule has 1 aromatic heterocycles. The van der Waals surface area contributed by atoms with E-state index >= 15 is 0 Å². The highest BCUT2D eigenvalue weighted by Gasteiger charge is 2.15. The first-order chi connectivity index (χ1) is 14.2. The Balaban J connectivity index is 0.00000256. The van der Waals surface area contributed by atoms with E-state index in [4.69, 9.17) is 5.11 Å². The second-order valence-corrected chi connectivity index (χ2v) is 7.59. The lowest BCUT2D eigenvalue weighted by atomic mass is 9.91. The van der Waals surface area contributed by atoms with Crippen LogP contribution in [0.3, 0.4) is 0 Å². The summed E-state index contributed by atoms with van der Waals surface area (Å²) in [5.74, 6) is 0.328. The summed E-state index contributed by atoms with van der Waals surface area (Å²) in [5.41, 5.74) is 8.51. The third-order valence-electron chi connectivity index (χ3n) is 5.55. The molecular weight excluding hydrogens is 370 g/mol. The minimum atomic E-state index is 0. The number of rotatable bonds is 8. The molecule has 3 aromatic rings. The van der Waals surface area contributed by atoms with Crippen LogP contribution in [0.15, 0.2) is 72.0 Å². The van der Waals surface area contributed by atoms with Crippen LogP contribution in [-0.2, 0) is 13.0 Å². The average molecular weight is 402 g/mol. The van der Waals surface area contributed by atoms with Crippen LogP contribution in [0.5, 0.6) is 0 Å². The number of aliphatic imine (C=N–C) groups is 1. The molecule has 2 aromatic carbocycles. The predicted molar refractivity (Wildman–Crippen MR) is 125 cm³/mol. The lowest BCUT2D eigenvalue weighted by Crippen LogP contribution is -2.25. The largest absolute Gasteiger partial charge is 0.395 e. The van der Waals surface area contributed by atoms with Crippen LogP contribution in [0.4, 0.5) is 0 Å². The molecule has 0 aliphatic carbocycles. The number of nitrogens with zero attached hydrogens (tertiary/aromatic N) is 2. The maximum Gasteiger partial charge on any atom is 0.0649 e. The molecule has 0 saturated heterocycles. The van der Waals surface area contributed by atoms with E-state index in [1.54, 1.807) is 0 Å². The highest BCUT2D eigenvalue weighted by Crippen LogP contribution is 2.28. The zero-order valence-electron chi connectivity index (χ0n) is 16.8. The van der Waals surface area contributed by atoms with E-state index in [1.807, 2.05) is 18.5 Å². The minimum absolute atomic E-state index is 0. The fraction of sp³-hybridized carbons (Fsp3) is 0.308. The number of aliphatic hydroxyl groups excluding tert-OH is 1. The molecule has 1 aliphatic heterocycles. The molecule has 4 nitrogen and oxygen atoms in total. The average Bonchev–Trinajstić information content (AvgIpc) is 3.14. The fourth-order valence-electron chi connectivity index (χ4n) is 3.95. The van der Waals surface area contributed by atoms with Gasteiger partial charge in [-0.25, -0.2) is 0 Å². The standard InChI is InChI=1S/C25H27N3O.CH4/c1-18-25-13-21(7-8-22(25)17-28-18)24-12-19(14-27-16-24)11-23(15-26-9-10-29)20-5-3-2-4-6-20;/h2-8,12-14,16,23,26,29H,9-11,15,17H2,1H3;1H4/t23-;/m0./s1. The van der Waals surface area contributed by atoms with Crippen LogP contribution >= 0.6 is 0 Å². The first-order valence-corrected chi connectivity index (χ1v) is 10.2. The zero-order valence-corrected chi connectivity index (χ0v) is 16.8. The van der Waals surface area contributed by atoms with Gasteiger partial charge in [0.05, 0.1) is 13.2 Å². The van der Waals surface area contributed by atoms with Crippen molar-refractivity contribution >= 4 is 5.71 Å². The highest BCUT2D eigenvalue weighted by molar-refractivity contribution is 6.02. The quantitative estimate of drug-likeness (QED) is 0.542. The number of nitrogens with one attached hydrogen (secondary N) is 1. The summed E-state index contributed by atoms with van der Waals surface area (Å²) in [6.07, 6.45) is 4.80. The molecule has 1 aliphatic rings. The Morgan fingerprint density at radius 2 is 1.87 bits per heavy atom. The van der Waals surface area contributed by atoms with E-state index < -0.39 is 0 Å². The summed E-state index contributed by atoms with van der Waals surface area (Å²) in [5, 5.41) is 12.5. The van der Waals surface area contributed by atoms with Crippen LogP contribution in [-0.4, -0.2) is 35.5 Å². The second kappa shape index (κ2) is 10.3. The van der Waals surface area contributed by atoms with Crippen molar-refractivity contribution in [3.8, 4) is 11.1 Å². The Labute approximate surface area is 179 Å². The summed E-state index contributed by atoms with van der Waals surface area (Å²) >= 11 is 0. The van der Waals surface area contributed by atoms with Crippen molar-refractivity contribution in [2.24, 2.45) is 4.99 Å². The Morgan fingerprint density at radius 1 is 1.03 bits per heavy atom. The van der Waals surface area contributed by atoms with Gasteiger partial charge in [-0.3, -0.25) is 9.98 Å².